The number of hydrogen-bond donors (Lipinski definition) is 1. The van der Waals surface area contributed by atoms with Gasteiger partial charge in [-0.05, 0) is 12.1 Å². The summed E-state index contributed by atoms with van der Waals surface area (Å²) in [6, 6.07) is 7.69. The molecule has 1 aromatic carbocycles. The number of hydrogen-bond acceptors (Lipinski definition) is 4. The van der Waals surface area contributed by atoms with Gasteiger partial charge in [0.25, 0.3) is 0 Å². The van der Waals surface area contributed by atoms with Crippen LogP contribution in [0, 0.1) is 0 Å². The van der Waals surface area contributed by atoms with Gasteiger partial charge in [-0.3, -0.25) is 5.32 Å². The largest absolute Gasteiger partial charge is 0.453 e. The highest BCUT2D eigenvalue weighted by Gasteiger charge is 2.05. The first-order valence-corrected chi connectivity index (χ1v) is 6.82. The van der Waals surface area contributed by atoms with Gasteiger partial charge in [-0.15, -0.1) is 0 Å². The van der Waals surface area contributed by atoms with Crippen LogP contribution in [0.5, 0.6) is 0 Å². The van der Waals surface area contributed by atoms with E-state index in [-0.39, 0.29) is 0 Å². The number of amides is 1. The highest BCUT2D eigenvalue weighted by atomic mass is 32.1. The minimum Gasteiger partial charge on any atom is -0.453 e. The van der Waals surface area contributed by atoms with E-state index in [0.29, 0.717) is 5.13 Å². The molecule has 2 aromatic rings. The van der Waals surface area contributed by atoms with E-state index in [4.69, 9.17) is 0 Å². The summed E-state index contributed by atoms with van der Waals surface area (Å²) >= 11 is 1.42. The minimum absolute atomic E-state index is 0.496. The van der Waals surface area contributed by atoms with E-state index in [1.54, 1.807) is 0 Å². The minimum atomic E-state index is -0.496. The first-order chi connectivity index (χ1) is 8.79. The molecule has 0 bridgehead atoms. The summed E-state index contributed by atoms with van der Waals surface area (Å²) in [6.07, 6.45) is -0.496. The molecule has 0 aliphatic heterocycles. The molecule has 100 valence electrons. The van der Waals surface area contributed by atoms with Crippen LogP contribution in [0.3, 0.4) is 0 Å². The van der Waals surface area contributed by atoms with Gasteiger partial charge in [0, 0.05) is 0 Å². The second-order valence-corrected chi connectivity index (χ2v) is 3.63. The number of carbonyl (C=O) groups excluding carboxylic acids is 1. The van der Waals surface area contributed by atoms with Gasteiger partial charge < -0.3 is 4.74 Å². The first-order valence-electron chi connectivity index (χ1n) is 6.00. The Balaban J connectivity index is 0.000000659. The van der Waals surface area contributed by atoms with Crippen molar-refractivity contribution in [3.8, 4) is 0 Å². The van der Waals surface area contributed by atoms with Gasteiger partial charge in [-0.1, -0.05) is 51.2 Å². The normalized spacial score (nSPS) is 8.50. The van der Waals surface area contributed by atoms with E-state index in [2.05, 4.69) is 15.0 Å². The molecule has 0 fully saturated rings. The van der Waals surface area contributed by atoms with E-state index in [1.165, 1.54) is 18.4 Å². The number of ether oxygens (including phenoxy) is 1. The molecule has 1 heterocycles. The highest BCUT2D eigenvalue weighted by Crippen LogP contribution is 2.25. The third kappa shape index (κ3) is 4.71. The van der Waals surface area contributed by atoms with Crippen molar-refractivity contribution in [2.24, 2.45) is 0 Å². The summed E-state index contributed by atoms with van der Waals surface area (Å²) < 4.78 is 5.51. The Morgan fingerprint density at radius 1 is 1.22 bits per heavy atom. The van der Waals surface area contributed by atoms with Crippen molar-refractivity contribution < 1.29 is 9.53 Å². The first kappa shape index (κ1) is 16.4. The molecule has 0 spiro atoms. The van der Waals surface area contributed by atoms with Crippen LogP contribution >= 0.6 is 11.3 Å². The van der Waals surface area contributed by atoms with Gasteiger partial charge in [0.15, 0.2) is 5.13 Å². The molecule has 0 radical (unpaired) electrons. The molecule has 1 aromatic heterocycles. The fourth-order valence-electron chi connectivity index (χ4n) is 1.06. The van der Waals surface area contributed by atoms with Gasteiger partial charge in [-0.25, -0.2) is 9.78 Å². The molecule has 4 nitrogen and oxygen atoms in total. The molecule has 0 atom stereocenters. The number of rotatable bonds is 1. The molecule has 0 aliphatic carbocycles. The molecule has 2 rings (SSSR count). The smallest absolute Gasteiger partial charge is 0.413 e. The molecule has 0 saturated heterocycles. The van der Waals surface area contributed by atoms with Crippen molar-refractivity contribution >= 4 is 32.8 Å². The van der Waals surface area contributed by atoms with Crippen LogP contribution in [0.1, 0.15) is 27.7 Å². The second kappa shape index (κ2) is 9.41. The zero-order chi connectivity index (χ0) is 14.0. The summed E-state index contributed by atoms with van der Waals surface area (Å²) in [5.41, 5.74) is 0.879. The maximum Gasteiger partial charge on any atom is 0.413 e. The quantitative estimate of drug-likeness (QED) is 0.826. The van der Waals surface area contributed by atoms with Crippen molar-refractivity contribution in [2.45, 2.75) is 27.7 Å². The Kier molecular flexibility index (Phi) is 8.57. The van der Waals surface area contributed by atoms with E-state index in [1.807, 2.05) is 52.0 Å². The zero-order valence-electron chi connectivity index (χ0n) is 11.5. The summed E-state index contributed by atoms with van der Waals surface area (Å²) in [5.74, 6) is 0. The van der Waals surface area contributed by atoms with Gasteiger partial charge in [0.05, 0.1) is 17.3 Å². The summed E-state index contributed by atoms with van der Waals surface area (Å²) in [6.45, 7) is 8.00. The van der Waals surface area contributed by atoms with Crippen LogP contribution in [0.4, 0.5) is 9.93 Å². The second-order valence-electron chi connectivity index (χ2n) is 2.60. The predicted molar refractivity (Wildman–Crippen MR) is 78.3 cm³/mol. The molecule has 0 saturated carbocycles. The Hall–Kier alpha value is -1.62. The number of methoxy groups -OCH3 is 1. The number of anilines is 1. The van der Waals surface area contributed by atoms with E-state index in [0.717, 1.165) is 10.2 Å². The molecule has 18 heavy (non-hydrogen) atoms. The Morgan fingerprint density at radius 2 is 1.83 bits per heavy atom. The summed E-state index contributed by atoms with van der Waals surface area (Å²) in [5, 5.41) is 3.08. The topological polar surface area (TPSA) is 51.2 Å². The number of nitrogens with one attached hydrogen (secondary N) is 1. The third-order valence-corrected chi connectivity index (χ3v) is 2.64. The van der Waals surface area contributed by atoms with E-state index in [9.17, 15) is 4.79 Å². The lowest BCUT2D eigenvalue weighted by molar-refractivity contribution is 0.187. The van der Waals surface area contributed by atoms with Gasteiger partial charge in [0.1, 0.15) is 0 Å². The molecule has 0 unspecified atom stereocenters. The molecular weight excluding hydrogens is 248 g/mol. The molecule has 0 aliphatic rings. The van der Waals surface area contributed by atoms with Crippen LogP contribution < -0.4 is 5.32 Å². The fraction of sp³-hybridized carbons (Fsp3) is 0.385. The number of fused-ring (bicyclic) bond motifs is 1. The van der Waals surface area contributed by atoms with Crippen LogP contribution in [-0.4, -0.2) is 18.2 Å². The van der Waals surface area contributed by atoms with Crippen LogP contribution in [0.15, 0.2) is 24.3 Å². The monoisotopic (exact) mass is 268 g/mol. The Bertz CT molecular complexity index is 436. The number of thiazole rings is 1. The lowest BCUT2D eigenvalue weighted by atomic mass is 10.3. The van der Waals surface area contributed by atoms with Crippen molar-refractivity contribution in [1.82, 2.24) is 4.98 Å². The SMILES string of the molecule is CC.CC.COC(=O)Nc1nc2ccccc2s1. The van der Waals surface area contributed by atoms with Gasteiger partial charge >= 0.3 is 6.09 Å². The molecule has 5 heteroatoms. The van der Waals surface area contributed by atoms with Crippen molar-refractivity contribution in [1.29, 1.82) is 0 Å². The van der Waals surface area contributed by atoms with Crippen molar-refractivity contribution in [2.75, 3.05) is 12.4 Å². The number of benzene rings is 1. The number of nitrogens with zero attached hydrogens (tertiary/aromatic N) is 1. The average Bonchev–Trinajstić information content (AvgIpc) is 2.85. The van der Waals surface area contributed by atoms with Gasteiger partial charge in [-0.2, -0.15) is 0 Å². The number of aromatic nitrogens is 1. The van der Waals surface area contributed by atoms with Gasteiger partial charge in [0.2, 0.25) is 0 Å². The average molecular weight is 268 g/mol. The van der Waals surface area contributed by atoms with Crippen molar-refractivity contribution in [3.05, 3.63) is 24.3 Å². The fourth-order valence-corrected chi connectivity index (χ4v) is 1.92. The van der Waals surface area contributed by atoms with Crippen LogP contribution in [0.2, 0.25) is 0 Å². The third-order valence-electron chi connectivity index (χ3n) is 1.69. The molecule has 1 amide bonds. The maximum atomic E-state index is 10.9. The molecular formula is C13H20N2O2S. The lowest BCUT2D eigenvalue weighted by Crippen LogP contribution is -2.10. The van der Waals surface area contributed by atoms with Crippen LogP contribution in [-0.2, 0) is 4.74 Å². The van der Waals surface area contributed by atoms with E-state index < -0.39 is 6.09 Å². The Labute approximate surface area is 112 Å². The summed E-state index contributed by atoms with van der Waals surface area (Å²) in [4.78, 5) is 15.1. The predicted octanol–water partition coefficient (Wildman–Crippen LogP) is 4.53. The maximum absolute atomic E-state index is 10.9. The molecule has 1 N–H and O–H groups in total. The standard InChI is InChI=1S/C9H8N2O2S.2C2H6/c1-13-9(12)11-8-10-6-4-2-3-5-7(6)14-8;2*1-2/h2-5H,1H3,(H,10,11,12);2*1-2H3. The van der Waals surface area contributed by atoms with Crippen LogP contribution in [0.25, 0.3) is 10.2 Å². The summed E-state index contributed by atoms with van der Waals surface area (Å²) in [7, 11) is 1.32. The van der Waals surface area contributed by atoms with Crippen molar-refractivity contribution in [3.63, 3.8) is 0 Å². The number of carbonyl (C=O) groups is 1. The number of para-hydroxylation sites is 1. The lowest BCUT2D eigenvalue weighted by Gasteiger charge is -1.96. The highest BCUT2D eigenvalue weighted by molar-refractivity contribution is 7.22. The zero-order valence-corrected chi connectivity index (χ0v) is 12.3. The Morgan fingerprint density at radius 3 is 2.39 bits per heavy atom. The van der Waals surface area contributed by atoms with E-state index >= 15 is 0 Å².